The number of hydrogen-bond donors (Lipinski definition) is 4. The first-order valence-corrected chi connectivity index (χ1v) is 6.12. The van der Waals surface area contributed by atoms with Gasteiger partial charge in [-0.25, -0.2) is 9.59 Å². The fourth-order valence-corrected chi connectivity index (χ4v) is 1.93. The molecule has 0 aromatic rings. The Kier molecular flexibility index (Phi) is 5.11. The Balaban J connectivity index is 2.62. The zero-order valence-electron chi connectivity index (χ0n) is 10.9. The molecule has 1 aliphatic heterocycles. The molecule has 19 heavy (non-hydrogen) atoms. The summed E-state index contributed by atoms with van der Waals surface area (Å²) in [5, 5.41) is 23.4. The van der Waals surface area contributed by atoms with E-state index in [2.05, 4.69) is 10.6 Å². The van der Waals surface area contributed by atoms with Gasteiger partial charge in [0.05, 0.1) is 6.10 Å². The highest BCUT2D eigenvalue weighted by atomic mass is 16.4. The number of urea groups is 1. The number of amides is 3. The van der Waals surface area contributed by atoms with Crippen molar-refractivity contribution in [3.63, 3.8) is 0 Å². The van der Waals surface area contributed by atoms with Crippen molar-refractivity contribution >= 4 is 17.9 Å². The molecule has 8 nitrogen and oxygen atoms in total. The minimum atomic E-state index is -1.17. The van der Waals surface area contributed by atoms with E-state index in [9.17, 15) is 19.5 Å². The molecular weight excluding hydrogens is 254 g/mol. The van der Waals surface area contributed by atoms with E-state index in [-0.39, 0.29) is 18.9 Å². The van der Waals surface area contributed by atoms with E-state index in [4.69, 9.17) is 5.11 Å². The number of rotatable bonds is 4. The van der Waals surface area contributed by atoms with E-state index in [1.54, 1.807) is 6.92 Å². The van der Waals surface area contributed by atoms with Crippen molar-refractivity contribution in [2.24, 2.45) is 0 Å². The Bertz CT molecular complexity index is 373. The van der Waals surface area contributed by atoms with Gasteiger partial charge >= 0.3 is 12.0 Å². The molecule has 0 aromatic heterocycles. The lowest BCUT2D eigenvalue weighted by Crippen LogP contribution is -2.52. The minimum absolute atomic E-state index is 0.00170. The largest absolute Gasteiger partial charge is 0.480 e. The molecule has 1 rings (SSSR count). The van der Waals surface area contributed by atoms with Crippen LogP contribution in [0.1, 0.15) is 20.3 Å². The number of carbonyl (C=O) groups excluding carboxylic acids is 2. The second kappa shape index (κ2) is 6.37. The zero-order chi connectivity index (χ0) is 14.6. The highest BCUT2D eigenvalue weighted by Crippen LogP contribution is 2.18. The lowest BCUT2D eigenvalue weighted by molar-refractivity contribution is -0.141. The predicted molar refractivity (Wildman–Crippen MR) is 65.4 cm³/mol. The number of likely N-dealkylation sites (tertiary alicyclic amines) is 1. The number of carboxylic acids is 1. The maximum absolute atomic E-state index is 11.9. The van der Waals surface area contributed by atoms with Crippen LogP contribution in [0.2, 0.25) is 0 Å². The molecule has 1 fully saturated rings. The van der Waals surface area contributed by atoms with Crippen LogP contribution in [-0.2, 0) is 9.59 Å². The molecule has 108 valence electrons. The van der Waals surface area contributed by atoms with Gasteiger partial charge in [-0.1, -0.05) is 0 Å². The van der Waals surface area contributed by atoms with Gasteiger partial charge in [-0.05, 0) is 13.8 Å². The molecule has 1 saturated heterocycles. The Morgan fingerprint density at radius 1 is 1.42 bits per heavy atom. The molecule has 8 heteroatoms. The van der Waals surface area contributed by atoms with Gasteiger partial charge in [0.2, 0.25) is 5.91 Å². The first kappa shape index (κ1) is 15.2. The first-order chi connectivity index (χ1) is 8.86. The van der Waals surface area contributed by atoms with Gasteiger partial charge in [-0.3, -0.25) is 4.79 Å². The third-order valence-electron chi connectivity index (χ3n) is 2.91. The average molecular weight is 273 g/mol. The van der Waals surface area contributed by atoms with Crippen LogP contribution >= 0.6 is 0 Å². The third kappa shape index (κ3) is 3.82. The molecule has 3 amide bonds. The quantitative estimate of drug-likeness (QED) is 0.510. The summed E-state index contributed by atoms with van der Waals surface area (Å²) in [6, 6.07) is -2.49. The Morgan fingerprint density at radius 3 is 2.58 bits per heavy atom. The topological polar surface area (TPSA) is 119 Å². The van der Waals surface area contributed by atoms with E-state index in [0.717, 1.165) is 4.90 Å². The lowest BCUT2D eigenvalue weighted by Gasteiger charge is -2.23. The summed E-state index contributed by atoms with van der Waals surface area (Å²) in [4.78, 5) is 35.4. The molecule has 1 aliphatic rings. The normalized spacial score (nSPS) is 23.8. The fourth-order valence-electron chi connectivity index (χ4n) is 1.93. The van der Waals surface area contributed by atoms with Crippen molar-refractivity contribution < 1.29 is 24.6 Å². The number of hydrogen-bond acceptors (Lipinski definition) is 4. The second-order valence-corrected chi connectivity index (χ2v) is 4.46. The summed E-state index contributed by atoms with van der Waals surface area (Å²) < 4.78 is 0. The number of β-amino-alcohol motifs (C(OH)–C–C–N with tert-alkyl or cyclic N) is 1. The van der Waals surface area contributed by atoms with Crippen LogP contribution < -0.4 is 10.6 Å². The maximum atomic E-state index is 11.9. The molecule has 0 aromatic carbocycles. The summed E-state index contributed by atoms with van der Waals surface area (Å²) >= 11 is 0. The van der Waals surface area contributed by atoms with E-state index >= 15 is 0 Å². The van der Waals surface area contributed by atoms with Crippen LogP contribution in [0.15, 0.2) is 0 Å². The molecule has 2 unspecified atom stereocenters. The highest BCUT2D eigenvalue weighted by Gasteiger charge is 2.39. The summed E-state index contributed by atoms with van der Waals surface area (Å²) in [6.07, 6.45) is -0.857. The van der Waals surface area contributed by atoms with Crippen molar-refractivity contribution in [1.29, 1.82) is 0 Å². The van der Waals surface area contributed by atoms with Crippen LogP contribution in [0.4, 0.5) is 4.79 Å². The summed E-state index contributed by atoms with van der Waals surface area (Å²) in [5.41, 5.74) is 0. The molecule has 0 bridgehead atoms. The Hall–Kier alpha value is -1.83. The zero-order valence-corrected chi connectivity index (χ0v) is 10.9. The van der Waals surface area contributed by atoms with E-state index in [0.29, 0.717) is 6.54 Å². The van der Waals surface area contributed by atoms with E-state index in [1.807, 2.05) is 0 Å². The number of carboxylic acid groups (broad SMARTS) is 1. The number of aliphatic hydroxyl groups is 1. The van der Waals surface area contributed by atoms with Crippen LogP contribution in [0.3, 0.4) is 0 Å². The van der Waals surface area contributed by atoms with Gasteiger partial charge in [-0.2, -0.15) is 0 Å². The van der Waals surface area contributed by atoms with Gasteiger partial charge in [0.15, 0.2) is 0 Å². The highest BCUT2D eigenvalue weighted by molar-refractivity contribution is 5.88. The average Bonchev–Trinajstić information content (AvgIpc) is 2.71. The van der Waals surface area contributed by atoms with Crippen LogP contribution in [0.25, 0.3) is 0 Å². The smallest absolute Gasteiger partial charge is 0.326 e. The van der Waals surface area contributed by atoms with Gasteiger partial charge in [0.1, 0.15) is 12.1 Å². The van der Waals surface area contributed by atoms with Crippen molar-refractivity contribution in [1.82, 2.24) is 15.5 Å². The Labute approximate surface area is 110 Å². The van der Waals surface area contributed by atoms with Gasteiger partial charge in [-0.15, -0.1) is 0 Å². The van der Waals surface area contributed by atoms with Crippen molar-refractivity contribution in [3.05, 3.63) is 0 Å². The van der Waals surface area contributed by atoms with Crippen molar-refractivity contribution in [3.8, 4) is 0 Å². The number of nitrogens with one attached hydrogen (secondary N) is 2. The maximum Gasteiger partial charge on any atom is 0.326 e. The predicted octanol–water partition coefficient (Wildman–Crippen LogP) is -1.26. The fraction of sp³-hybridized carbons (Fsp3) is 0.727. The van der Waals surface area contributed by atoms with E-state index in [1.165, 1.54) is 6.92 Å². The van der Waals surface area contributed by atoms with E-state index < -0.39 is 30.2 Å². The van der Waals surface area contributed by atoms with Crippen molar-refractivity contribution in [2.75, 3.05) is 13.1 Å². The number of likely N-dealkylation sites (N-methyl/N-ethyl adjacent to an activating group) is 1. The monoisotopic (exact) mass is 273 g/mol. The van der Waals surface area contributed by atoms with Gasteiger partial charge in [0, 0.05) is 19.5 Å². The summed E-state index contributed by atoms with van der Waals surface area (Å²) in [5.74, 6) is -1.51. The van der Waals surface area contributed by atoms with Crippen LogP contribution in [-0.4, -0.2) is 64.3 Å². The molecule has 0 radical (unpaired) electrons. The standard InChI is InChI=1S/C11H19N3O5/c1-3-12-9(16)6(2)13-11(19)14-5-7(15)4-8(14)10(17)18/h6-8,15H,3-5H2,1-2H3,(H,12,16)(H,13,19)(H,17,18)/t6?,7?,8-/m1/s1. The number of carbonyl (C=O) groups is 3. The van der Waals surface area contributed by atoms with Gasteiger partial charge in [0.25, 0.3) is 0 Å². The Morgan fingerprint density at radius 2 is 2.05 bits per heavy atom. The third-order valence-corrected chi connectivity index (χ3v) is 2.91. The number of nitrogens with zero attached hydrogens (tertiary/aromatic N) is 1. The molecule has 0 saturated carbocycles. The molecule has 0 aliphatic carbocycles. The summed E-state index contributed by atoms with van der Waals surface area (Å²) in [6.45, 7) is 3.65. The molecule has 0 spiro atoms. The number of aliphatic hydroxyl groups excluding tert-OH is 1. The molecule has 3 atom stereocenters. The molecule has 1 heterocycles. The molecule has 4 N–H and O–H groups in total. The lowest BCUT2D eigenvalue weighted by atomic mass is 10.2. The van der Waals surface area contributed by atoms with Crippen LogP contribution in [0, 0.1) is 0 Å². The molecular formula is C11H19N3O5. The van der Waals surface area contributed by atoms with Gasteiger partial charge < -0.3 is 25.7 Å². The van der Waals surface area contributed by atoms with Crippen LogP contribution in [0.5, 0.6) is 0 Å². The first-order valence-electron chi connectivity index (χ1n) is 6.12. The summed E-state index contributed by atoms with van der Waals surface area (Å²) in [7, 11) is 0. The minimum Gasteiger partial charge on any atom is -0.480 e. The van der Waals surface area contributed by atoms with Crippen molar-refractivity contribution in [2.45, 2.75) is 38.5 Å². The number of aliphatic carboxylic acids is 1. The SMILES string of the molecule is CCNC(=O)C(C)NC(=O)N1CC(O)C[C@@H]1C(=O)O. The second-order valence-electron chi connectivity index (χ2n) is 4.46.